The highest BCUT2D eigenvalue weighted by Gasteiger charge is 2.04. The largest absolute Gasteiger partial charge is 0.496 e. The molecule has 1 aromatic rings. The molecule has 0 unspecified atom stereocenters. The van der Waals surface area contributed by atoms with Crippen LogP contribution in [0.3, 0.4) is 0 Å². The van der Waals surface area contributed by atoms with E-state index in [1.165, 1.54) is 0 Å². The van der Waals surface area contributed by atoms with Crippen LogP contribution in [0.15, 0.2) is 12.1 Å². The fourth-order valence-electron chi connectivity index (χ4n) is 1.14. The number of hydrogen-bond donors (Lipinski definition) is 0. The SMILES string of the molecule is COc1ccc(C#N)c(C)c1C. The Labute approximate surface area is 72.4 Å². The predicted molar refractivity (Wildman–Crippen MR) is 47.2 cm³/mol. The quantitative estimate of drug-likeness (QED) is 0.632. The molecule has 0 spiro atoms. The summed E-state index contributed by atoms with van der Waals surface area (Å²) in [5.41, 5.74) is 2.75. The number of rotatable bonds is 1. The van der Waals surface area contributed by atoms with Crippen molar-refractivity contribution in [1.82, 2.24) is 0 Å². The summed E-state index contributed by atoms with van der Waals surface area (Å²) in [6.45, 7) is 3.88. The first-order valence-electron chi connectivity index (χ1n) is 3.75. The van der Waals surface area contributed by atoms with Crippen molar-refractivity contribution in [2.75, 3.05) is 7.11 Å². The first-order valence-corrected chi connectivity index (χ1v) is 3.75. The van der Waals surface area contributed by atoms with Crippen molar-refractivity contribution in [2.45, 2.75) is 13.8 Å². The van der Waals surface area contributed by atoms with E-state index in [9.17, 15) is 0 Å². The van der Waals surface area contributed by atoms with Crippen molar-refractivity contribution >= 4 is 0 Å². The molecule has 0 aromatic heterocycles. The third-order valence-corrected chi connectivity index (χ3v) is 2.08. The van der Waals surface area contributed by atoms with Gasteiger partial charge < -0.3 is 4.74 Å². The first-order chi connectivity index (χ1) is 5.70. The Kier molecular flexibility index (Phi) is 2.35. The number of methoxy groups -OCH3 is 1. The van der Waals surface area contributed by atoms with E-state index in [2.05, 4.69) is 6.07 Å². The minimum absolute atomic E-state index is 0.716. The van der Waals surface area contributed by atoms with E-state index in [0.29, 0.717) is 5.56 Å². The van der Waals surface area contributed by atoms with Crippen molar-refractivity contribution in [1.29, 1.82) is 5.26 Å². The van der Waals surface area contributed by atoms with E-state index in [1.54, 1.807) is 13.2 Å². The molecule has 0 amide bonds. The zero-order valence-corrected chi connectivity index (χ0v) is 7.51. The van der Waals surface area contributed by atoms with Crippen molar-refractivity contribution < 1.29 is 4.74 Å². The van der Waals surface area contributed by atoms with Crippen LogP contribution >= 0.6 is 0 Å². The number of benzene rings is 1. The number of ether oxygens (including phenoxy) is 1. The molecule has 2 heteroatoms. The van der Waals surface area contributed by atoms with Gasteiger partial charge in [-0.2, -0.15) is 5.26 Å². The molecule has 0 fully saturated rings. The molecule has 1 rings (SSSR count). The standard InChI is InChI=1S/C10H11NO/c1-7-8(2)10(12-3)5-4-9(7)6-11/h4-5H,1-3H3. The molecule has 0 saturated carbocycles. The molecule has 62 valence electrons. The summed E-state index contributed by atoms with van der Waals surface area (Å²) < 4.78 is 5.12. The molecule has 1 aromatic carbocycles. The maximum absolute atomic E-state index is 8.72. The highest BCUT2D eigenvalue weighted by atomic mass is 16.5. The van der Waals surface area contributed by atoms with E-state index in [-0.39, 0.29) is 0 Å². The van der Waals surface area contributed by atoms with Gasteiger partial charge in [0.1, 0.15) is 5.75 Å². The van der Waals surface area contributed by atoms with Gasteiger partial charge in [-0.1, -0.05) is 0 Å². The first kappa shape index (κ1) is 8.61. The van der Waals surface area contributed by atoms with Gasteiger partial charge in [-0.25, -0.2) is 0 Å². The average Bonchev–Trinajstić information content (AvgIpc) is 2.10. The van der Waals surface area contributed by atoms with E-state index < -0.39 is 0 Å². The van der Waals surface area contributed by atoms with Crippen LogP contribution in [0.2, 0.25) is 0 Å². The second kappa shape index (κ2) is 3.27. The minimum Gasteiger partial charge on any atom is -0.496 e. The van der Waals surface area contributed by atoms with Gasteiger partial charge in [-0.3, -0.25) is 0 Å². The topological polar surface area (TPSA) is 33.0 Å². The number of nitrogens with zero attached hydrogens (tertiary/aromatic N) is 1. The zero-order chi connectivity index (χ0) is 9.14. The number of nitriles is 1. The molecule has 0 aliphatic carbocycles. The summed E-state index contributed by atoms with van der Waals surface area (Å²) in [5, 5.41) is 8.72. The van der Waals surface area contributed by atoms with Gasteiger partial charge in [0.2, 0.25) is 0 Å². The maximum Gasteiger partial charge on any atom is 0.122 e. The van der Waals surface area contributed by atoms with Gasteiger partial charge in [0.05, 0.1) is 18.7 Å². The van der Waals surface area contributed by atoms with Crippen molar-refractivity contribution in [3.8, 4) is 11.8 Å². The van der Waals surface area contributed by atoms with E-state index in [1.807, 2.05) is 19.9 Å². The Morgan fingerprint density at radius 3 is 2.42 bits per heavy atom. The maximum atomic E-state index is 8.72. The Hall–Kier alpha value is -1.49. The predicted octanol–water partition coefficient (Wildman–Crippen LogP) is 2.18. The van der Waals surface area contributed by atoms with Crippen LogP contribution in [0.4, 0.5) is 0 Å². The molecule has 2 nitrogen and oxygen atoms in total. The molecular formula is C10H11NO. The molecule has 12 heavy (non-hydrogen) atoms. The molecule has 0 heterocycles. The Bertz CT molecular complexity index is 336. The summed E-state index contributed by atoms with van der Waals surface area (Å²) in [6.07, 6.45) is 0. The van der Waals surface area contributed by atoms with Crippen LogP contribution in [0.5, 0.6) is 5.75 Å². The van der Waals surface area contributed by atoms with Crippen LogP contribution in [0.25, 0.3) is 0 Å². The lowest BCUT2D eigenvalue weighted by atomic mass is 10.0. The number of hydrogen-bond acceptors (Lipinski definition) is 2. The van der Waals surface area contributed by atoms with E-state index >= 15 is 0 Å². The van der Waals surface area contributed by atoms with Gasteiger partial charge in [-0.15, -0.1) is 0 Å². The normalized spacial score (nSPS) is 9.17. The van der Waals surface area contributed by atoms with Gasteiger partial charge in [0, 0.05) is 0 Å². The summed E-state index contributed by atoms with van der Waals surface area (Å²) in [4.78, 5) is 0. The summed E-state index contributed by atoms with van der Waals surface area (Å²) >= 11 is 0. The van der Waals surface area contributed by atoms with Gasteiger partial charge in [-0.05, 0) is 37.1 Å². The van der Waals surface area contributed by atoms with Crippen LogP contribution in [0.1, 0.15) is 16.7 Å². The lowest BCUT2D eigenvalue weighted by Crippen LogP contribution is -1.92. The van der Waals surface area contributed by atoms with Crippen molar-refractivity contribution in [3.63, 3.8) is 0 Å². The lowest BCUT2D eigenvalue weighted by Gasteiger charge is -2.07. The summed E-state index contributed by atoms with van der Waals surface area (Å²) in [6, 6.07) is 5.73. The van der Waals surface area contributed by atoms with Crippen molar-refractivity contribution in [3.05, 3.63) is 28.8 Å². The lowest BCUT2D eigenvalue weighted by molar-refractivity contribution is 0.411. The molecule has 0 saturated heterocycles. The van der Waals surface area contributed by atoms with Crippen LogP contribution in [-0.4, -0.2) is 7.11 Å². The van der Waals surface area contributed by atoms with Crippen LogP contribution in [0, 0.1) is 25.2 Å². The fourth-order valence-corrected chi connectivity index (χ4v) is 1.14. The minimum atomic E-state index is 0.716. The van der Waals surface area contributed by atoms with Gasteiger partial charge in [0.25, 0.3) is 0 Å². The highest BCUT2D eigenvalue weighted by molar-refractivity contribution is 5.48. The van der Waals surface area contributed by atoms with Crippen LogP contribution < -0.4 is 4.74 Å². The third-order valence-electron chi connectivity index (χ3n) is 2.08. The molecule has 0 bridgehead atoms. The molecule has 0 N–H and O–H groups in total. The van der Waals surface area contributed by atoms with Crippen LogP contribution in [-0.2, 0) is 0 Å². The molecular weight excluding hydrogens is 150 g/mol. The summed E-state index contributed by atoms with van der Waals surface area (Å²) in [5.74, 6) is 0.839. The average molecular weight is 161 g/mol. The highest BCUT2D eigenvalue weighted by Crippen LogP contribution is 2.22. The van der Waals surface area contributed by atoms with Gasteiger partial charge in [0.15, 0.2) is 0 Å². The van der Waals surface area contributed by atoms with E-state index in [0.717, 1.165) is 16.9 Å². The Morgan fingerprint density at radius 2 is 1.92 bits per heavy atom. The second-order valence-corrected chi connectivity index (χ2v) is 2.68. The molecule has 0 atom stereocenters. The smallest absolute Gasteiger partial charge is 0.122 e. The molecule has 0 radical (unpaired) electrons. The second-order valence-electron chi connectivity index (χ2n) is 2.68. The molecule has 0 aliphatic rings. The van der Waals surface area contributed by atoms with E-state index in [4.69, 9.17) is 10.00 Å². The summed E-state index contributed by atoms with van der Waals surface area (Å²) in [7, 11) is 1.63. The van der Waals surface area contributed by atoms with Crippen molar-refractivity contribution in [2.24, 2.45) is 0 Å². The molecule has 0 aliphatic heterocycles. The monoisotopic (exact) mass is 161 g/mol. The Morgan fingerprint density at radius 1 is 1.25 bits per heavy atom. The fraction of sp³-hybridized carbons (Fsp3) is 0.300. The third kappa shape index (κ3) is 1.26. The van der Waals surface area contributed by atoms with Gasteiger partial charge >= 0.3 is 0 Å². The Balaban J connectivity index is 3.32. The zero-order valence-electron chi connectivity index (χ0n) is 7.51.